The Morgan fingerprint density at radius 3 is 2.73 bits per heavy atom. The maximum absolute atomic E-state index is 11.2. The van der Waals surface area contributed by atoms with Crippen LogP contribution in [0.3, 0.4) is 0 Å². The standard InChI is InChI=1S/C11H8O3S/c1-6(12)10-3-7-2-8-9(14-5-13-8)4-11(7)15-10/h2-4H,5H2,1H3. The van der Waals surface area contributed by atoms with Gasteiger partial charge in [-0.15, -0.1) is 11.3 Å². The topological polar surface area (TPSA) is 35.5 Å². The predicted octanol–water partition coefficient (Wildman–Crippen LogP) is 2.83. The lowest BCUT2D eigenvalue weighted by atomic mass is 10.2. The number of ketones is 1. The van der Waals surface area contributed by atoms with Crippen molar-refractivity contribution in [1.82, 2.24) is 0 Å². The average molecular weight is 220 g/mol. The van der Waals surface area contributed by atoms with Gasteiger partial charge in [0.1, 0.15) is 0 Å². The van der Waals surface area contributed by atoms with Crippen LogP contribution in [-0.4, -0.2) is 12.6 Å². The number of thiophene rings is 1. The van der Waals surface area contributed by atoms with E-state index in [2.05, 4.69) is 0 Å². The van der Waals surface area contributed by atoms with Crippen LogP contribution in [-0.2, 0) is 0 Å². The molecule has 0 bridgehead atoms. The summed E-state index contributed by atoms with van der Waals surface area (Å²) in [6, 6.07) is 5.74. The summed E-state index contributed by atoms with van der Waals surface area (Å²) in [6.07, 6.45) is 0. The highest BCUT2D eigenvalue weighted by Crippen LogP contribution is 2.39. The molecule has 4 heteroatoms. The molecule has 1 aromatic carbocycles. The lowest BCUT2D eigenvalue weighted by Crippen LogP contribution is -1.92. The molecule has 3 rings (SSSR count). The van der Waals surface area contributed by atoms with Gasteiger partial charge in [-0.25, -0.2) is 0 Å². The predicted molar refractivity (Wildman–Crippen MR) is 58.0 cm³/mol. The minimum absolute atomic E-state index is 0.0956. The summed E-state index contributed by atoms with van der Waals surface area (Å²) in [6.45, 7) is 1.86. The maximum Gasteiger partial charge on any atom is 0.231 e. The second-order valence-electron chi connectivity index (χ2n) is 3.41. The van der Waals surface area contributed by atoms with Crippen LogP contribution in [0, 0.1) is 0 Å². The summed E-state index contributed by atoms with van der Waals surface area (Å²) in [4.78, 5) is 12.0. The summed E-state index contributed by atoms with van der Waals surface area (Å²) >= 11 is 1.49. The van der Waals surface area contributed by atoms with Gasteiger partial charge in [-0.2, -0.15) is 0 Å². The van der Waals surface area contributed by atoms with E-state index in [0.717, 1.165) is 26.5 Å². The smallest absolute Gasteiger partial charge is 0.231 e. The molecule has 76 valence electrons. The molecular formula is C11H8O3S. The van der Waals surface area contributed by atoms with Crippen LogP contribution >= 0.6 is 11.3 Å². The van der Waals surface area contributed by atoms with E-state index in [1.165, 1.54) is 11.3 Å². The summed E-state index contributed by atoms with van der Waals surface area (Å²) in [7, 11) is 0. The third-order valence-corrected chi connectivity index (χ3v) is 3.56. The molecule has 0 unspecified atom stereocenters. The van der Waals surface area contributed by atoms with Crippen LogP contribution in [0.2, 0.25) is 0 Å². The second kappa shape index (κ2) is 2.97. The molecule has 0 saturated carbocycles. The molecule has 0 radical (unpaired) electrons. The van der Waals surface area contributed by atoms with E-state index in [-0.39, 0.29) is 12.6 Å². The minimum Gasteiger partial charge on any atom is -0.454 e. The fourth-order valence-electron chi connectivity index (χ4n) is 1.60. The van der Waals surface area contributed by atoms with Crippen LogP contribution in [0.15, 0.2) is 18.2 Å². The van der Waals surface area contributed by atoms with Gasteiger partial charge in [0, 0.05) is 10.8 Å². The zero-order valence-corrected chi connectivity index (χ0v) is 8.89. The largest absolute Gasteiger partial charge is 0.454 e. The van der Waals surface area contributed by atoms with Crippen molar-refractivity contribution in [3.63, 3.8) is 0 Å². The van der Waals surface area contributed by atoms with Crippen LogP contribution in [0.5, 0.6) is 11.5 Å². The van der Waals surface area contributed by atoms with Gasteiger partial charge in [0.25, 0.3) is 0 Å². The highest BCUT2D eigenvalue weighted by Gasteiger charge is 2.16. The van der Waals surface area contributed by atoms with E-state index in [1.54, 1.807) is 6.92 Å². The quantitative estimate of drug-likeness (QED) is 0.693. The summed E-state index contributed by atoms with van der Waals surface area (Å²) in [5.74, 6) is 1.62. The summed E-state index contributed by atoms with van der Waals surface area (Å²) in [5, 5.41) is 1.04. The molecule has 3 nitrogen and oxygen atoms in total. The molecule has 0 spiro atoms. The summed E-state index contributed by atoms with van der Waals surface area (Å²) in [5.41, 5.74) is 0. The lowest BCUT2D eigenvalue weighted by molar-refractivity contribution is 0.102. The molecule has 2 aromatic rings. The van der Waals surface area contributed by atoms with Crippen LogP contribution < -0.4 is 9.47 Å². The Labute approximate surface area is 90.2 Å². The summed E-state index contributed by atoms with van der Waals surface area (Å²) < 4.78 is 11.6. The van der Waals surface area contributed by atoms with Crippen molar-refractivity contribution in [3.8, 4) is 11.5 Å². The number of fused-ring (bicyclic) bond motifs is 2. The molecule has 0 amide bonds. The SMILES string of the molecule is CC(=O)c1cc2cc3c(cc2s1)OCO3. The Bertz CT molecular complexity index is 515. The average Bonchev–Trinajstić information content (AvgIpc) is 2.77. The Morgan fingerprint density at radius 1 is 1.27 bits per heavy atom. The first kappa shape index (κ1) is 8.73. The van der Waals surface area contributed by atoms with E-state index in [4.69, 9.17) is 9.47 Å². The maximum atomic E-state index is 11.2. The van der Waals surface area contributed by atoms with Crippen molar-refractivity contribution >= 4 is 27.2 Å². The number of hydrogen-bond acceptors (Lipinski definition) is 4. The van der Waals surface area contributed by atoms with Gasteiger partial charge in [0.2, 0.25) is 6.79 Å². The Hall–Kier alpha value is -1.55. The zero-order valence-electron chi connectivity index (χ0n) is 8.07. The molecule has 1 aromatic heterocycles. The monoisotopic (exact) mass is 220 g/mol. The second-order valence-corrected chi connectivity index (χ2v) is 4.49. The molecule has 0 aliphatic carbocycles. The third-order valence-electron chi connectivity index (χ3n) is 2.36. The van der Waals surface area contributed by atoms with Gasteiger partial charge in [-0.3, -0.25) is 4.79 Å². The highest BCUT2D eigenvalue weighted by molar-refractivity contribution is 7.20. The van der Waals surface area contributed by atoms with Gasteiger partial charge in [0.05, 0.1) is 4.88 Å². The van der Waals surface area contributed by atoms with Crippen LogP contribution in [0.25, 0.3) is 10.1 Å². The zero-order chi connectivity index (χ0) is 10.4. The van der Waals surface area contributed by atoms with E-state index >= 15 is 0 Å². The number of carbonyl (C=O) groups excluding carboxylic acids is 1. The molecular weight excluding hydrogens is 212 g/mol. The van der Waals surface area contributed by atoms with Crippen molar-refractivity contribution in [3.05, 3.63) is 23.1 Å². The van der Waals surface area contributed by atoms with Crippen LogP contribution in [0.4, 0.5) is 0 Å². The molecule has 0 saturated heterocycles. The van der Waals surface area contributed by atoms with E-state index in [1.807, 2.05) is 18.2 Å². The van der Waals surface area contributed by atoms with Gasteiger partial charge >= 0.3 is 0 Å². The number of Topliss-reactive ketones (excluding diaryl/α,β-unsaturated/α-hetero) is 1. The molecule has 1 aliphatic rings. The molecule has 0 N–H and O–H groups in total. The molecule has 2 heterocycles. The number of carbonyl (C=O) groups is 1. The first-order chi connectivity index (χ1) is 7.24. The van der Waals surface area contributed by atoms with E-state index < -0.39 is 0 Å². The van der Waals surface area contributed by atoms with Gasteiger partial charge in [-0.05, 0) is 24.4 Å². The van der Waals surface area contributed by atoms with Crippen LogP contribution in [0.1, 0.15) is 16.6 Å². The number of hydrogen-bond donors (Lipinski definition) is 0. The fourth-order valence-corrected chi connectivity index (χ4v) is 2.57. The third kappa shape index (κ3) is 1.29. The number of ether oxygens (including phenoxy) is 2. The molecule has 1 aliphatic heterocycles. The van der Waals surface area contributed by atoms with Gasteiger partial charge in [-0.1, -0.05) is 0 Å². The first-order valence-electron chi connectivity index (χ1n) is 4.58. The van der Waals surface area contributed by atoms with Gasteiger partial charge < -0.3 is 9.47 Å². The Morgan fingerprint density at radius 2 is 2.00 bits per heavy atom. The van der Waals surface area contributed by atoms with Crippen molar-refractivity contribution in [2.45, 2.75) is 6.92 Å². The molecule has 0 fully saturated rings. The lowest BCUT2D eigenvalue weighted by Gasteiger charge is -1.94. The van der Waals surface area contributed by atoms with Crippen molar-refractivity contribution in [2.75, 3.05) is 6.79 Å². The Kier molecular flexibility index (Phi) is 1.73. The van der Waals surface area contributed by atoms with Crippen molar-refractivity contribution in [1.29, 1.82) is 0 Å². The van der Waals surface area contributed by atoms with E-state index in [0.29, 0.717) is 0 Å². The van der Waals surface area contributed by atoms with Gasteiger partial charge in [0.15, 0.2) is 17.3 Å². The first-order valence-corrected chi connectivity index (χ1v) is 5.40. The molecule has 15 heavy (non-hydrogen) atoms. The molecule has 0 atom stereocenters. The number of benzene rings is 1. The Balaban J connectivity index is 2.24. The number of rotatable bonds is 1. The normalized spacial score (nSPS) is 13.4. The van der Waals surface area contributed by atoms with E-state index in [9.17, 15) is 4.79 Å². The van der Waals surface area contributed by atoms with Crippen molar-refractivity contribution in [2.24, 2.45) is 0 Å². The highest BCUT2D eigenvalue weighted by atomic mass is 32.1. The fraction of sp³-hybridized carbons (Fsp3) is 0.182. The minimum atomic E-state index is 0.0956. The van der Waals surface area contributed by atoms with Crippen molar-refractivity contribution < 1.29 is 14.3 Å².